The Hall–Kier alpha value is -2.45. The molecule has 9 heteroatoms. The van der Waals surface area contributed by atoms with E-state index in [9.17, 15) is 14.0 Å². The van der Waals surface area contributed by atoms with E-state index in [-0.39, 0.29) is 22.8 Å². The molecule has 0 saturated carbocycles. The molecule has 2 heterocycles. The third-order valence-corrected chi connectivity index (χ3v) is 5.64. The number of rotatable bonds is 5. The Morgan fingerprint density at radius 3 is 2.50 bits per heavy atom. The molecule has 0 aliphatic carbocycles. The zero-order chi connectivity index (χ0) is 21.8. The molecule has 3 rings (SSSR count). The van der Waals surface area contributed by atoms with Gasteiger partial charge in [-0.1, -0.05) is 23.7 Å². The van der Waals surface area contributed by atoms with Gasteiger partial charge in [0.2, 0.25) is 5.91 Å². The molecule has 30 heavy (non-hydrogen) atoms. The monoisotopic (exact) mass is 435 g/mol. The third-order valence-electron chi connectivity index (χ3n) is 5.26. The molecule has 1 saturated heterocycles. The minimum atomic E-state index is -0.306. The van der Waals surface area contributed by atoms with Crippen molar-refractivity contribution in [2.75, 3.05) is 46.8 Å². The topological polar surface area (TPSA) is 61.7 Å². The Morgan fingerprint density at radius 2 is 1.83 bits per heavy atom. The van der Waals surface area contributed by atoms with Crippen LogP contribution in [-0.2, 0) is 11.3 Å². The van der Waals surface area contributed by atoms with Gasteiger partial charge in [-0.25, -0.2) is 9.07 Å². The van der Waals surface area contributed by atoms with Gasteiger partial charge in [-0.3, -0.25) is 14.5 Å². The summed E-state index contributed by atoms with van der Waals surface area (Å²) in [6.07, 6.45) is 0.785. The second kappa shape index (κ2) is 9.57. The predicted octanol–water partition coefficient (Wildman–Crippen LogP) is 2.27. The summed E-state index contributed by atoms with van der Waals surface area (Å²) in [6, 6.07) is 6.11. The normalized spacial score (nSPS) is 15.2. The zero-order valence-electron chi connectivity index (χ0n) is 17.6. The molecule has 1 aliphatic heterocycles. The second-order valence-electron chi connectivity index (χ2n) is 7.75. The maximum atomic E-state index is 13.2. The number of carbonyl (C=O) groups is 2. The summed E-state index contributed by atoms with van der Waals surface area (Å²) in [7, 11) is 3.48. The zero-order valence-corrected chi connectivity index (χ0v) is 18.3. The molecule has 0 N–H and O–H groups in total. The van der Waals surface area contributed by atoms with Crippen LogP contribution in [0.2, 0.25) is 5.15 Å². The molecular formula is C21H27ClFN5O2. The molecule has 0 atom stereocenters. The fourth-order valence-corrected chi connectivity index (χ4v) is 3.80. The van der Waals surface area contributed by atoms with Gasteiger partial charge in [0.25, 0.3) is 5.91 Å². The Kier molecular flexibility index (Phi) is 7.10. The highest BCUT2D eigenvalue weighted by molar-refractivity contribution is 6.33. The molecule has 162 valence electrons. The van der Waals surface area contributed by atoms with Crippen LogP contribution >= 0.6 is 11.6 Å². The van der Waals surface area contributed by atoms with Crippen molar-refractivity contribution in [1.82, 2.24) is 24.5 Å². The highest BCUT2D eigenvalue weighted by Crippen LogP contribution is 2.23. The van der Waals surface area contributed by atoms with E-state index >= 15 is 0 Å². The standard InChI is InChI=1S/C21H27ClFN5O2/c1-15-19(20(22)28(24-15)13-16-5-7-17(23)8-6-16)21(30)27-10-4-9-26(11-12-27)14-18(29)25(2)3/h5-8H,4,9-14H2,1-3H3. The molecule has 7 nitrogen and oxygen atoms in total. The van der Waals surface area contributed by atoms with E-state index in [1.807, 2.05) is 0 Å². The van der Waals surface area contributed by atoms with Gasteiger partial charge in [0.05, 0.1) is 24.3 Å². The van der Waals surface area contributed by atoms with Crippen molar-refractivity contribution < 1.29 is 14.0 Å². The average Bonchev–Trinajstić information content (AvgIpc) is 2.86. The van der Waals surface area contributed by atoms with E-state index in [1.165, 1.54) is 12.1 Å². The van der Waals surface area contributed by atoms with Gasteiger partial charge in [0.15, 0.2) is 0 Å². The van der Waals surface area contributed by atoms with Gasteiger partial charge >= 0.3 is 0 Å². The maximum absolute atomic E-state index is 13.2. The lowest BCUT2D eigenvalue weighted by atomic mass is 10.2. The van der Waals surface area contributed by atoms with Crippen LogP contribution in [0.5, 0.6) is 0 Å². The molecule has 0 unspecified atom stereocenters. The van der Waals surface area contributed by atoms with Crippen molar-refractivity contribution in [3.8, 4) is 0 Å². The average molecular weight is 436 g/mol. The van der Waals surface area contributed by atoms with Gasteiger partial charge < -0.3 is 9.80 Å². The number of amides is 2. The smallest absolute Gasteiger partial charge is 0.258 e. The van der Waals surface area contributed by atoms with Crippen LogP contribution in [0.4, 0.5) is 4.39 Å². The summed E-state index contributed by atoms with van der Waals surface area (Å²) in [6.45, 7) is 4.99. The van der Waals surface area contributed by atoms with Crippen molar-refractivity contribution in [2.24, 2.45) is 0 Å². The van der Waals surface area contributed by atoms with Gasteiger partial charge in [0, 0.05) is 40.3 Å². The number of benzene rings is 1. The second-order valence-corrected chi connectivity index (χ2v) is 8.10. The summed E-state index contributed by atoms with van der Waals surface area (Å²) in [4.78, 5) is 30.6. The largest absolute Gasteiger partial charge is 0.348 e. The molecule has 0 radical (unpaired) electrons. The molecular weight excluding hydrogens is 409 g/mol. The van der Waals surface area contributed by atoms with Gasteiger partial charge in [-0.15, -0.1) is 0 Å². The number of hydrogen-bond donors (Lipinski definition) is 0. The highest BCUT2D eigenvalue weighted by atomic mass is 35.5. The SMILES string of the molecule is Cc1nn(Cc2ccc(F)cc2)c(Cl)c1C(=O)N1CCCN(CC(=O)N(C)C)CC1. The van der Waals surface area contributed by atoms with Crippen molar-refractivity contribution in [3.63, 3.8) is 0 Å². The van der Waals surface area contributed by atoms with Crippen LogP contribution in [0, 0.1) is 12.7 Å². The molecule has 0 spiro atoms. The van der Waals surface area contributed by atoms with E-state index in [0.29, 0.717) is 44.0 Å². The lowest BCUT2D eigenvalue weighted by Gasteiger charge is -2.22. The number of nitrogens with zero attached hydrogens (tertiary/aromatic N) is 5. The molecule has 2 amide bonds. The fraction of sp³-hybridized carbons (Fsp3) is 0.476. The van der Waals surface area contributed by atoms with Crippen LogP contribution in [-0.4, -0.2) is 83.1 Å². The first-order valence-corrected chi connectivity index (χ1v) is 10.3. The number of aryl methyl sites for hydroxylation is 1. The molecule has 1 aliphatic rings. The predicted molar refractivity (Wildman–Crippen MR) is 113 cm³/mol. The fourth-order valence-electron chi connectivity index (χ4n) is 3.49. The van der Waals surface area contributed by atoms with E-state index in [4.69, 9.17) is 11.6 Å². The molecule has 1 fully saturated rings. The van der Waals surface area contributed by atoms with E-state index in [0.717, 1.165) is 18.5 Å². The summed E-state index contributed by atoms with van der Waals surface area (Å²) < 4.78 is 14.7. The summed E-state index contributed by atoms with van der Waals surface area (Å²) in [5.74, 6) is -0.403. The van der Waals surface area contributed by atoms with Crippen LogP contribution in [0.15, 0.2) is 24.3 Å². The summed E-state index contributed by atoms with van der Waals surface area (Å²) in [5, 5.41) is 4.71. The first-order chi connectivity index (χ1) is 14.3. The maximum Gasteiger partial charge on any atom is 0.258 e. The quantitative estimate of drug-likeness (QED) is 0.722. The Bertz CT molecular complexity index is 913. The summed E-state index contributed by atoms with van der Waals surface area (Å²) >= 11 is 6.52. The number of hydrogen-bond acceptors (Lipinski definition) is 4. The lowest BCUT2D eigenvalue weighted by Crippen LogP contribution is -2.39. The van der Waals surface area contributed by atoms with Crippen molar-refractivity contribution in [2.45, 2.75) is 19.9 Å². The first kappa shape index (κ1) is 22.2. The van der Waals surface area contributed by atoms with Crippen molar-refractivity contribution >= 4 is 23.4 Å². The molecule has 2 aromatic rings. The lowest BCUT2D eigenvalue weighted by molar-refractivity contribution is -0.129. The van der Waals surface area contributed by atoms with Crippen molar-refractivity contribution in [3.05, 3.63) is 52.1 Å². The number of aromatic nitrogens is 2. The Labute approximate surface area is 181 Å². The van der Waals surface area contributed by atoms with Crippen LogP contribution in [0.25, 0.3) is 0 Å². The van der Waals surface area contributed by atoms with Gasteiger partial charge in [-0.2, -0.15) is 5.10 Å². The van der Waals surface area contributed by atoms with Crippen molar-refractivity contribution in [1.29, 1.82) is 0 Å². The van der Waals surface area contributed by atoms with Crippen LogP contribution in [0.1, 0.15) is 28.0 Å². The highest BCUT2D eigenvalue weighted by Gasteiger charge is 2.27. The van der Waals surface area contributed by atoms with Gasteiger partial charge in [-0.05, 0) is 31.0 Å². The minimum absolute atomic E-state index is 0.0516. The Balaban J connectivity index is 1.70. The number of halogens is 2. The number of carbonyl (C=O) groups excluding carboxylic acids is 2. The van der Waals surface area contributed by atoms with E-state index in [1.54, 1.807) is 47.6 Å². The molecule has 1 aromatic carbocycles. The minimum Gasteiger partial charge on any atom is -0.348 e. The van der Waals surface area contributed by atoms with E-state index < -0.39 is 0 Å². The van der Waals surface area contributed by atoms with E-state index in [2.05, 4.69) is 10.00 Å². The molecule has 1 aromatic heterocycles. The van der Waals surface area contributed by atoms with Gasteiger partial charge in [0.1, 0.15) is 11.0 Å². The number of likely N-dealkylation sites (N-methyl/N-ethyl adjacent to an activating group) is 1. The molecule has 0 bridgehead atoms. The Morgan fingerprint density at radius 1 is 1.13 bits per heavy atom. The summed E-state index contributed by atoms with van der Waals surface area (Å²) in [5.41, 5.74) is 1.81. The first-order valence-electron chi connectivity index (χ1n) is 9.95. The third kappa shape index (κ3) is 5.17. The van der Waals surface area contributed by atoms with Crippen LogP contribution < -0.4 is 0 Å². The van der Waals surface area contributed by atoms with Crippen LogP contribution in [0.3, 0.4) is 0 Å².